The van der Waals surface area contributed by atoms with Crippen LogP contribution in [0.25, 0.3) is 0 Å². The molecule has 3 rings (SSSR count). The lowest BCUT2D eigenvalue weighted by atomic mass is 10.2. The van der Waals surface area contributed by atoms with Gasteiger partial charge in [0.1, 0.15) is 12.4 Å². The van der Waals surface area contributed by atoms with Gasteiger partial charge in [-0.3, -0.25) is 4.79 Å². The molecule has 162 valence electrons. The van der Waals surface area contributed by atoms with E-state index in [1.54, 1.807) is 12.1 Å². The van der Waals surface area contributed by atoms with E-state index < -0.39 is 15.9 Å². The summed E-state index contributed by atoms with van der Waals surface area (Å²) in [5.41, 5.74) is 1.03. The Labute approximate surface area is 185 Å². The van der Waals surface area contributed by atoms with Crippen LogP contribution in [0, 0.1) is 6.92 Å². The molecular weight excluding hydrogens is 451 g/mol. The van der Waals surface area contributed by atoms with Gasteiger partial charge in [0.05, 0.1) is 35.2 Å². The molecule has 2 aromatic rings. The topological polar surface area (TPSA) is 84.9 Å². The molecule has 0 radical (unpaired) electrons. The molecule has 10 heteroatoms. The number of nitrogens with zero attached hydrogens (tertiary/aromatic N) is 1. The van der Waals surface area contributed by atoms with Crippen molar-refractivity contribution < 1.29 is 22.7 Å². The van der Waals surface area contributed by atoms with E-state index in [4.69, 9.17) is 32.7 Å². The molecule has 0 unspecified atom stereocenters. The number of rotatable bonds is 7. The molecule has 1 fully saturated rings. The Hall–Kier alpha value is -1.84. The highest BCUT2D eigenvalue weighted by Crippen LogP contribution is 2.24. The highest BCUT2D eigenvalue weighted by atomic mass is 35.5. The third-order valence-corrected chi connectivity index (χ3v) is 7.22. The fraction of sp³-hybridized carbons (Fsp3) is 0.350. The number of halogens is 2. The maximum absolute atomic E-state index is 12.8. The molecule has 1 heterocycles. The first-order valence-corrected chi connectivity index (χ1v) is 11.5. The van der Waals surface area contributed by atoms with E-state index >= 15 is 0 Å². The highest BCUT2D eigenvalue weighted by molar-refractivity contribution is 7.89. The summed E-state index contributed by atoms with van der Waals surface area (Å²) in [6, 6.07) is 9.44. The molecule has 0 aliphatic carbocycles. The molecule has 0 bridgehead atoms. The van der Waals surface area contributed by atoms with Crippen LogP contribution in [0.1, 0.15) is 15.9 Å². The van der Waals surface area contributed by atoms with Crippen molar-refractivity contribution >= 4 is 39.1 Å². The van der Waals surface area contributed by atoms with Gasteiger partial charge >= 0.3 is 0 Å². The number of aryl methyl sites for hydroxylation is 1. The molecule has 1 aliphatic rings. The van der Waals surface area contributed by atoms with Crippen molar-refractivity contribution in [3.63, 3.8) is 0 Å². The van der Waals surface area contributed by atoms with Crippen LogP contribution in [-0.2, 0) is 14.8 Å². The molecule has 2 aromatic carbocycles. The van der Waals surface area contributed by atoms with Crippen LogP contribution >= 0.6 is 23.2 Å². The third kappa shape index (κ3) is 5.44. The second-order valence-electron chi connectivity index (χ2n) is 6.67. The zero-order valence-corrected chi connectivity index (χ0v) is 18.7. The number of amides is 1. The Balaban J connectivity index is 1.62. The Bertz CT molecular complexity index is 1020. The lowest BCUT2D eigenvalue weighted by Crippen LogP contribution is -2.40. The predicted molar refractivity (Wildman–Crippen MR) is 115 cm³/mol. The second kappa shape index (κ2) is 9.98. The van der Waals surface area contributed by atoms with Gasteiger partial charge in [-0.2, -0.15) is 4.31 Å². The molecule has 0 atom stereocenters. The molecule has 0 spiro atoms. The summed E-state index contributed by atoms with van der Waals surface area (Å²) in [6.45, 7) is 3.54. The van der Waals surface area contributed by atoms with Crippen molar-refractivity contribution in [2.45, 2.75) is 11.8 Å². The molecule has 30 heavy (non-hydrogen) atoms. The molecule has 1 N–H and O–H groups in total. The number of carbonyl (C=O) groups is 1. The Morgan fingerprint density at radius 1 is 1.13 bits per heavy atom. The van der Waals surface area contributed by atoms with Crippen LogP contribution in [-0.4, -0.2) is 58.1 Å². The second-order valence-corrected chi connectivity index (χ2v) is 9.43. The van der Waals surface area contributed by atoms with Gasteiger partial charge < -0.3 is 14.8 Å². The summed E-state index contributed by atoms with van der Waals surface area (Å²) in [6.07, 6.45) is 0. The Morgan fingerprint density at radius 2 is 1.87 bits per heavy atom. The molecule has 0 saturated carbocycles. The SMILES string of the molecule is Cc1ccc(OCCNC(=O)c2cc(S(=O)(=O)N3CCOCC3)ccc2Cl)cc1Cl. The minimum Gasteiger partial charge on any atom is -0.492 e. The zero-order valence-electron chi connectivity index (χ0n) is 16.4. The normalized spacial score (nSPS) is 15.0. The van der Waals surface area contributed by atoms with Gasteiger partial charge in [-0.25, -0.2) is 8.42 Å². The van der Waals surface area contributed by atoms with Crippen molar-refractivity contribution in [2.75, 3.05) is 39.5 Å². The molecular formula is C20H22Cl2N2O5S. The zero-order chi connectivity index (χ0) is 21.7. The summed E-state index contributed by atoms with van der Waals surface area (Å²) >= 11 is 12.2. The van der Waals surface area contributed by atoms with Crippen molar-refractivity contribution in [1.82, 2.24) is 9.62 Å². The van der Waals surface area contributed by atoms with Gasteiger partial charge in [0.15, 0.2) is 0 Å². The van der Waals surface area contributed by atoms with Gasteiger partial charge in [-0.15, -0.1) is 0 Å². The quantitative estimate of drug-likeness (QED) is 0.625. The number of hydrogen-bond donors (Lipinski definition) is 1. The molecule has 0 aromatic heterocycles. The van der Waals surface area contributed by atoms with E-state index in [-0.39, 0.29) is 41.7 Å². The van der Waals surface area contributed by atoms with Crippen LogP contribution < -0.4 is 10.1 Å². The van der Waals surface area contributed by atoms with E-state index in [0.29, 0.717) is 24.0 Å². The molecule has 1 aliphatic heterocycles. The first-order valence-electron chi connectivity index (χ1n) is 9.33. The molecule has 1 saturated heterocycles. The lowest BCUT2D eigenvalue weighted by Gasteiger charge is -2.26. The van der Waals surface area contributed by atoms with Crippen LogP contribution in [0.15, 0.2) is 41.3 Å². The van der Waals surface area contributed by atoms with Gasteiger partial charge in [0.2, 0.25) is 10.0 Å². The van der Waals surface area contributed by atoms with Gasteiger partial charge in [0.25, 0.3) is 5.91 Å². The van der Waals surface area contributed by atoms with Gasteiger partial charge in [0, 0.05) is 18.1 Å². The first-order chi connectivity index (χ1) is 14.3. The third-order valence-electron chi connectivity index (χ3n) is 4.59. The number of morpholine rings is 1. The molecule has 1 amide bonds. The molecule has 7 nitrogen and oxygen atoms in total. The summed E-state index contributed by atoms with van der Waals surface area (Å²) in [4.78, 5) is 12.5. The Kier molecular flexibility index (Phi) is 7.60. The Morgan fingerprint density at radius 3 is 2.57 bits per heavy atom. The van der Waals surface area contributed by atoms with Crippen LogP contribution in [0.5, 0.6) is 5.75 Å². The number of ether oxygens (including phenoxy) is 2. The number of hydrogen-bond acceptors (Lipinski definition) is 5. The van der Waals surface area contributed by atoms with Crippen molar-refractivity contribution in [2.24, 2.45) is 0 Å². The van der Waals surface area contributed by atoms with Crippen LogP contribution in [0.2, 0.25) is 10.0 Å². The highest BCUT2D eigenvalue weighted by Gasteiger charge is 2.27. The van der Waals surface area contributed by atoms with Crippen LogP contribution in [0.3, 0.4) is 0 Å². The predicted octanol–water partition coefficient (Wildman–Crippen LogP) is 3.13. The van der Waals surface area contributed by atoms with E-state index in [1.807, 2.05) is 13.0 Å². The van der Waals surface area contributed by atoms with E-state index in [2.05, 4.69) is 5.32 Å². The average Bonchev–Trinajstić information content (AvgIpc) is 2.74. The number of carbonyl (C=O) groups excluding carboxylic acids is 1. The summed E-state index contributed by atoms with van der Waals surface area (Å²) in [7, 11) is -3.73. The van der Waals surface area contributed by atoms with E-state index in [1.165, 1.54) is 22.5 Å². The van der Waals surface area contributed by atoms with Gasteiger partial charge in [-0.1, -0.05) is 29.3 Å². The van der Waals surface area contributed by atoms with Crippen LogP contribution in [0.4, 0.5) is 0 Å². The van der Waals surface area contributed by atoms with Crippen molar-refractivity contribution in [1.29, 1.82) is 0 Å². The van der Waals surface area contributed by atoms with Gasteiger partial charge in [-0.05, 0) is 42.8 Å². The summed E-state index contributed by atoms with van der Waals surface area (Å²) in [5.74, 6) is 0.112. The summed E-state index contributed by atoms with van der Waals surface area (Å²) < 4.78 is 37.7. The minimum absolute atomic E-state index is 0.0181. The van der Waals surface area contributed by atoms with Crippen molar-refractivity contribution in [3.8, 4) is 5.75 Å². The summed E-state index contributed by atoms with van der Waals surface area (Å²) in [5, 5.41) is 3.45. The lowest BCUT2D eigenvalue weighted by molar-refractivity contribution is 0.0730. The smallest absolute Gasteiger partial charge is 0.252 e. The fourth-order valence-corrected chi connectivity index (χ4v) is 4.68. The first kappa shape index (κ1) is 22.8. The van der Waals surface area contributed by atoms with E-state index in [0.717, 1.165) is 5.56 Å². The minimum atomic E-state index is -3.73. The monoisotopic (exact) mass is 472 g/mol. The number of nitrogens with one attached hydrogen (secondary N) is 1. The largest absolute Gasteiger partial charge is 0.492 e. The van der Waals surface area contributed by atoms with E-state index in [9.17, 15) is 13.2 Å². The maximum atomic E-state index is 12.8. The number of benzene rings is 2. The maximum Gasteiger partial charge on any atom is 0.252 e. The standard InChI is InChI=1S/C20H22Cl2N2O5S/c1-14-2-3-15(12-19(14)22)29-9-6-23-20(25)17-13-16(4-5-18(17)21)30(26,27)24-7-10-28-11-8-24/h2-5,12-13H,6-11H2,1H3,(H,23,25). The average molecular weight is 473 g/mol. The fourth-order valence-electron chi connectivity index (χ4n) is 2.87. The number of sulfonamides is 1. The van der Waals surface area contributed by atoms with Crippen molar-refractivity contribution in [3.05, 3.63) is 57.6 Å².